The molecule has 4 N–H and O–H groups in total. The molecule has 9 heteroatoms. The minimum absolute atomic E-state index is 0.137. The number of fused-ring (bicyclic) bond motifs is 1. The van der Waals surface area contributed by atoms with Gasteiger partial charge in [0.15, 0.2) is 0 Å². The van der Waals surface area contributed by atoms with Crippen LogP contribution in [0, 0.1) is 18.2 Å². The van der Waals surface area contributed by atoms with E-state index in [0.29, 0.717) is 37.3 Å². The molecule has 3 amide bonds. The third kappa shape index (κ3) is 6.32. The summed E-state index contributed by atoms with van der Waals surface area (Å²) in [7, 11) is 0. The Morgan fingerprint density at radius 1 is 1.05 bits per heavy atom. The normalized spacial score (nSPS) is 15.4. The Labute approximate surface area is 251 Å². The van der Waals surface area contributed by atoms with Gasteiger partial charge in [-0.3, -0.25) is 14.4 Å². The number of nitrogens with one attached hydrogen (secondary N) is 2. The first kappa shape index (κ1) is 30.0. The topological polar surface area (TPSA) is 109 Å². The average molecular weight is 584 g/mol. The van der Waals surface area contributed by atoms with Crippen LogP contribution in [0.2, 0.25) is 0 Å². The summed E-state index contributed by atoms with van der Waals surface area (Å²) in [5.41, 5.74) is 10.1. The highest BCUT2D eigenvalue weighted by atomic mass is 19.1. The van der Waals surface area contributed by atoms with Crippen LogP contribution >= 0.6 is 0 Å². The Morgan fingerprint density at radius 2 is 1.79 bits per heavy atom. The van der Waals surface area contributed by atoms with Crippen molar-refractivity contribution in [1.29, 1.82) is 0 Å². The number of benzene rings is 2. The maximum absolute atomic E-state index is 14.6. The van der Waals surface area contributed by atoms with Crippen molar-refractivity contribution < 1.29 is 18.8 Å². The van der Waals surface area contributed by atoms with Crippen LogP contribution in [0.15, 0.2) is 72.9 Å². The number of piperazine rings is 1. The summed E-state index contributed by atoms with van der Waals surface area (Å²) in [6, 6.07) is 20.6. The summed E-state index contributed by atoms with van der Waals surface area (Å²) in [5, 5.41) is 6.15. The van der Waals surface area contributed by atoms with E-state index >= 15 is 0 Å². The number of hydrogen-bond donors (Lipinski definition) is 3. The van der Waals surface area contributed by atoms with E-state index in [9.17, 15) is 18.8 Å². The molecule has 1 aliphatic heterocycles. The molecule has 1 atom stereocenters. The van der Waals surface area contributed by atoms with Crippen LogP contribution in [0.5, 0.6) is 0 Å². The lowest BCUT2D eigenvalue weighted by Gasteiger charge is -2.34. The third-order valence-electron chi connectivity index (χ3n) is 8.33. The molecule has 0 bridgehead atoms. The largest absolute Gasteiger partial charge is 0.369 e. The predicted molar refractivity (Wildman–Crippen MR) is 165 cm³/mol. The van der Waals surface area contributed by atoms with E-state index in [4.69, 9.17) is 5.73 Å². The molecule has 1 aliphatic rings. The summed E-state index contributed by atoms with van der Waals surface area (Å²) in [5.74, 6) is -1.13. The van der Waals surface area contributed by atoms with Crippen molar-refractivity contribution in [3.05, 3.63) is 101 Å². The minimum Gasteiger partial charge on any atom is -0.369 e. The molecule has 8 nitrogen and oxygen atoms in total. The van der Waals surface area contributed by atoms with E-state index in [0.717, 1.165) is 27.8 Å². The van der Waals surface area contributed by atoms with Gasteiger partial charge in [-0.25, -0.2) is 4.39 Å². The zero-order chi connectivity index (χ0) is 30.7. The van der Waals surface area contributed by atoms with Gasteiger partial charge in [0.05, 0.1) is 10.9 Å². The monoisotopic (exact) mass is 583 g/mol. The molecule has 5 rings (SSSR count). The molecule has 2 aromatic heterocycles. The molecule has 4 aromatic rings. The van der Waals surface area contributed by atoms with Crippen LogP contribution in [0.4, 0.5) is 4.39 Å². The molecular formula is C34H38FN5O3. The maximum Gasteiger partial charge on any atom is 0.271 e. The fourth-order valence-electron chi connectivity index (χ4n) is 5.62. The van der Waals surface area contributed by atoms with Crippen LogP contribution < -0.4 is 16.4 Å². The van der Waals surface area contributed by atoms with Gasteiger partial charge in [0.1, 0.15) is 11.5 Å². The molecule has 0 saturated carbocycles. The number of halogens is 1. The number of carbonyl (C=O) groups excluding carboxylic acids is 3. The van der Waals surface area contributed by atoms with Crippen LogP contribution in [0.3, 0.4) is 0 Å². The molecular weight excluding hydrogens is 545 g/mol. The quantitative estimate of drug-likeness (QED) is 0.276. The number of rotatable bonds is 9. The standard InChI is InChI=1S/C34H38FN5O3/c1-22-24(12-9-13-27(22)35)18-26-30(23-10-5-4-6-11-23)28-14-7-8-16-40(28)31(26)32(42)39-17-15-37-25(20-39)19-29(41)38-21-34(2,3)33(36)43/h4-14,16,25,37H,15,17-21H2,1-3H3,(H2,36,43)(H,38,41). The van der Waals surface area contributed by atoms with Crippen molar-refractivity contribution in [3.63, 3.8) is 0 Å². The van der Waals surface area contributed by atoms with E-state index in [1.54, 1.807) is 31.7 Å². The maximum atomic E-state index is 14.6. The SMILES string of the molecule is Cc1c(F)cccc1Cc1c(-c2ccccc2)c2ccccn2c1C(=O)N1CCNC(CC(=O)NCC(C)(C)C(N)=O)C1. The Bertz CT molecular complexity index is 1660. The predicted octanol–water partition coefficient (Wildman–Crippen LogP) is 4.08. The molecule has 3 heterocycles. The summed E-state index contributed by atoms with van der Waals surface area (Å²) >= 11 is 0. The van der Waals surface area contributed by atoms with E-state index in [1.807, 2.05) is 65.2 Å². The van der Waals surface area contributed by atoms with Gasteiger partial charge in [-0.1, -0.05) is 48.5 Å². The second-order valence-electron chi connectivity index (χ2n) is 11.9. The molecule has 0 radical (unpaired) electrons. The zero-order valence-electron chi connectivity index (χ0n) is 24.8. The van der Waals surface area contributed by atoms with Gasteiger partial charge >= 0.3 is 0 Å². The van der Waals surface area contributed by atoms with Gasteiger partial charge in [0.25, 0.3) is 5.91 Å². The smallest absolute Gasteiger partial charge is 0.271 e. The number of amides is 3. The lowest BCUT2D eigenvalue weighted by Crippen LogP contribution is -2.54. The van der Waals surface area contributed by atoms with Crippen molar-refractivity contribution >= 4 is 23.2 Å². The van der Waals surface area contributed by atoms with Gasteiger partial charge in [0.2, 0.25) is 11.8 Å². The number of nitrogens with zero attached hydrogens (tertiary/aromatic N) is 2. The molecule has 1 fully saturated rings. The molecule has 0 aliphatic carbocycles. The molecule has 1 unspecified atom stereocenters. The van der Waals surface area contributed by atoms with Crippen molar-refractivity contribution in [2.45, 2.75) is 39.7 Å². The Morgan fingerprint density at radius 3 is 2.53 bits per heavy atom. The fourth-order valence-corrected chi connectivity index (χ4v) is 5.62. The lowest BCUT2D eigenvalue weighted by molar-refractivity contribution is -0.127. The van der Waals surface area contributed by atoms with Crippen molar-refractivity contribution in [1.82, 2.24) is 19.9 Å². The lowest BCUT2D eigenvalue weighted by atomic mass is 9.92. The fraction of sp³-hybridized carbons (Fsp3) is 0.324. The summed E-state index contributed by atoms with van der Waals surface area (Å²) < 4.78 is 16.6. The Hall–Kier alpha value is -4.50. The molecule has 1 saturated heterocycles. The average Bonchev–Trinajstić information content (AvgIpc) is 3.32. The Kier molecular flexibility index (Phi) is 8.64. The Balaban J connectivity index is 1.49. The summed E-state index contributed by atoms with van der Waals surface area (Å²) in [6.07, 6.45) is 2.42. The van der Waals surface area contributed by atoms with E-state index in [-0.39, 0.29) is 36.6 Å². The number of aromatic nitrogens is 1. The summed E-state index contributed by atoms with van der Waals surface area (Å²) in [4.78, 5) is 40.6. The van der Waals surface area contributed by atoms with Gasteiger partial charge in [-0.2, -0.15) is 0 Å². The number of carbonyl (C=O) groups is 3. The molecule has 43 heavy (non-hydrogen) atoms. The first-order valence-electron chi connectivity index (χ1n) is 14.6. The number of pyridine rings is 1. The highest BCUT2D eigenvalue weighted by Crippen LogP contribution is 2.36. The number of hydrogen-bond acceptors (Lipinski definition) is 4. The van der Waals surface area contributed by atoms with Gasteiger partial charge < -0.3 is 25.7 Å². The molecule has 2 aromatic carbocycles. The van der Waals surface area contributed by atoms with Crippen LogP contribution in [-0.2, 0) is 16.0 Å². The third-order valence-corrected chi connectivity index (χ3v) is 8.33. The summed E-state index contributed by atoms with van der Waals surface area (Å²) in [6.45, 7) is 6.62. The molecule has 0 spiro atoms. The van der Waals surface area contributed by atoms with Crippen molar-refractivity contribution in [2.75, 3.05) is 26.2 Å². The van der Waals surface area contributed by atoms with E-state index in [1.165, 1.54) is 6.07 Å². The van der Waals surface area contributed by atoms with Crippen LogP contribution in [0.1, 0.15) is 47.4 Å². The van der Waals surface area contributed by atoms with Crippen LogP contribution in [-0.4, -0.2) is 59.2 Å². The van der Waals surface area contributed by atoms with Gasteiger partial charge in [-0.05, 0) is 61.2 Å². The zero-order valence-corrected chi connectivity index (χ0v) is 24.8. The number of primary amides is 1. The minimum atomic E-state index is -0.861. The van der Waals surface area contributed by atoms with E-state index < -0.39 is 11.3 Å². The second kappa shape index (κ2) is 12.4. The number of nitrogens with two attached hydrogens (primary N) is 1. The van der Waals surface area contributed by atoms with E-state index in [2.05, 4.69) is 10.6 Å². The second-order valence-corrected chi connectivity index (χ2v) is 11.9. The molecule has 224 valence electrons. The highest BCUT2D eigenvalue weighted by molar-refractivity contribution is 6.01. The van der Waals surface area contributed by atoms with Crippen LogP contribution in [0.25, 0.3) is 16.6 Å². The van der Waals surface area contributed by atoms with Gasteiger partial charge in [0, 0.05) is 56.8 Å². The first-order valence-corrected chi connectivity index (χ1v) is 14.6. The van der Waals surface area contributed by atoms with Crippen molar-refractivity contribution in [2.24, 2.45) is 11.1 Å². The first-order chi connectivity index (χ1) is 20.6. The van der Waals surface area contributed by atoms with Crippen molar-refractivity contribution in [3.8, 4) is 11.1 Å². The highest BCUT2D eigenvalue weighted by Gasteiger charge is 2.32. The van der Waals surface area contributed by atoms with Gasteiger partial charge in [-0.15, -0.1) is 0 Å².